The highest BCUT2D eigenvalue weighted by molar-refractivity contribution is 7.91. The van der Waals surface area contributed by atoms with Crippen LogP contribution in [0.3, 0.4) is 0 Å². The summed E-state index contributed by atoms with van der Waals surface area (Å²) < 4.78 is 62.9. The van der Waals surface area contributed by atoms with Crippen LogP contribution in [0, 0.1) is 6.92 Å². The third-order valence-electron chi connectivity index (χ3n) is 4.36. The number of carbonyl (C=O) groups excluding carboxylic acids is 1. The molecule has 0 aromatic carbocycles. The van der Waals surface area contributed by atoms with Crippen LogP contribution in [0.2, 0.25) is 0 Å². The van der Waals surface area contributed by atoms with Gasteiger partial charge >= 0.3 is 6.18 Å². The number of rotatable bonds is 9. The number of carbonyl (C=O) groups is 1. The van der Waals surface area contributed by atoms with Crippen molar-refractivity contribution in [3.8, 4) is 5.69 Å². The fraction of sp³-hybridized carbons (Fsp3) is 0.500. The number of sulfone groups is 1. The Labute approximate surface area is 172 Å². The van der Waals surface area contributed by atoms with Gasteiger partial charge in [0.15, 0.2) is 9.84 Å². The van der Waals surface area contributed by atoms with E-state index < -0.39 is 46.3 Å². The summed E-state index contributed by atoms with van der Waals surface area (Å²) in [5.74, 6) is -1.60. The van der Waals surface area contributed by atoms with Gasteiger partial charge in [-0.1, -0.05) is 0 Å². The van der Waals surface area contributed by atoms with E-state index in [1.165, 1.54) is 22.0 Å². The molecule has 12 heteroatoms. The van der Waals surface area contributed by atoms with Crippen molar-refractivity contribution in [3.05, 3.63) is 36.4 Å². The molecule has 2 aromatic heterocycles. The molecule has 0 bridgehead atoms. The van der Waals surface area contributed by atoms with Crippen LogP contribution in [0.4, 0.5) is 18.9 Å². The molecule has 2 heterocycles. The first-order chi connectivity index (χ1) is 13.9. The lowest BCUT2D eigenvalue weighted by Gasteiger charge is -2.20. The molecule has 0 aliphatic heterocycles. The van der Waals surface area contributed by atoms with Gasteiger partial charge < -0.3 is 4.90 Å². The number of alkyl halides is 3. The van der Waals surface area contributed by atoms with Crippen LogP contribution in [-0.2, 0) is 14.6 Å². The molecule has 0 fully saturated rings. The number of aryl methyl sites for hydroxylation is 1. The van der Waals surface area contributed by atoms with E-state index in [-0.39, 0.29) is 13.0 Å². The highest BCUT2D eigenvalue weighted by Gasteiger charge is 2.28. The lowest BCUT2D eigenvalue weighted by molar-refractivity contribution is -0.904. The number of aromatic nitrogens is 3. The van der Waals surface area contributed by atoms with Crippen LogP contribution >= 0.6 is 0 Å². The second-order valence-corrected chi connectivity index (χ2v) is 9.05. The predicted molar refractivity (Wildman–Crippen MR) is 102 cm³/mol. The van der Waals surface area contributed by atoms with Gasteiger partial charge in [0.25, 0.3) is 0 Å². The maximum atomic E-state index is 12.6. The van der Waals surface area contributed by atoms with E-state index in [2.05, 4.69) is 5.10 Å². The van der Waals surface area contributed by atoms with Crippen LogP contribution in [-0.4, -0.2) is 53.5 Å². The molecule has 0 spiro atoms. The van der Waals surface area contributed by atoms with Crippen molar-refractivity contribution in [2.45, 2.75) is 39.3 Å². The van der Waals surface area contributed by atoms with Crippen LogP contribution < -0.4 is 9.63 Å². The van der Waals surface area contributed by atoms with Gasteiger partial charge in [0, 0.05) is 30.2 Å². The van der Waals surface area contributed by atoms with Gasteiger partial charge in [0.05, 0.1) is 29.1 Å². The molecule has 0 saturated carbocycles. The largest absolute Gasteiger partial charge is 0.389 e. The van der Waals surface area contributed by atoms with Gasteiger partial charge in [-0.2, -0.15) is 18.3 Å². The number of hydrogen-bond donors (Lipinski definition) is 1. The average molecular weight is 449 g/mol. The molecule has 0 atom stereocenters. The van der Waals surface area contributed by atoms with E-state index >= 15 is 0 Å². The van der Waals surface area contributed by atoms with Gasteiger partial charge in [-0.25, -0.2) is 13.1 Å². The molecule has 166 valence electrons. The van der Waals surface area contributed by atoms with Crippen molar-refractivity contribution >= 4 is 21.4 Å². The molecular weight excluding hydrogens is 425 g/mol. The van der Waals surface area contributed by atoms with E-state index in [0.717, 1.165) is 4.73 Å². The minimum absolute atomic E-state index is 0.258. The molecular formula is C18H24F3N4O4S+. The Hall–Kier alpha value is -2.63. The molecule has 1 N–H and O–H groups in total. The van der Waals surface area contributed by atoms with E-state index in [9.17, 15) is 31.6 Å². The standard InChI is InChI=1S/C18H24F3N4O4S/c1-3-24(17(26)7-11-30(28,29)10-5-8-18(19,20)21)16-13-25(22-14(16)2)15-6-4-9-23(27)12-15/h4,6,9,12-13,27H,3,5,7-8,10-11H2,1-2H3/q+1. The average Bonchev–Trinajstić information content (AvgIpc) is 3.01. The Morgan fingerprint density at radius 1 is 1.33 bits per heavy atom. The zero-order valence-corrected chi connectivity index (χ0v) is 17.4. The first kappa shape index (κ1) is 23.6. The second-order valence-electron chi connectivity index (χ2n) is 6.75. The Balaban J connectivity index is 2.06. The third-order valence-corrected chi connectivity index (χ3v) is 6.10. The Kier molecular flexibility index (Phi) is 7.45. The number of pyridine rings is 1. The topological polar surface area (TPSA) is 96.4 Å². The molecule has 0 aliphatic rings. The second kappa shape index (κ2) is 9.45. The number of hydrogen-bond acceptors (Lipinski definition) is 5. The Bertz CT molecular complexity index is 990. The van der Waals surface area contributed by atoms with Gasteiger partial charge in [0.1, 0.15) is 5.69 Å². The van der Waals surface area contributed by atoms with Crippen molar-refractivity contribution in [3.63, 3.8) is 0 Å². The summed E-state index contributed by atoms with van der Waals surface area (Å²) in [5.41, 5.74) is 1.54. The lowest BCUT2D eigenvalue weighted by atomic mass is 10.3. The third kappa shape index (κ3) is 6.71. The number of nitrogens with zero attached hydrogens (tertiary/aromatic N) is 4. The zero-order chi connectivity index (χ0) is 22.5. The Morgan fingerprint density at radius 3 is 2.63 bits per heavy atom. The maximum absolute atomic E-state index is 12.6. The van der Waals surface area contributed by atoms with Gasteiger partial charge in [0.2, 0.25) is 18.3 Å². The lowest BCUT2D eigenvalue weighted by Crippen LogP contribution is -2.32. The van der Waals surface area contributed by atoms with Gasteiger partial charge in [-0.15, -0.1) is 0 Å². The first-order valence-electron chi connectivity index (χ1n) is 9.26. The SMILES string of the molecule is CCN(C(=O)CCS(=O)(=O)CCCC(F)(F)F)c1cn(-c2ccc[n+](O)c2)nc1C. The fourth-order valence-corrected chi connectivity index (χ4v) is 4.16. The normalized spacial score (nSPS) is 12.2. The number of anilines is 1. The molecule has 2 aromatic rings. The highest BCUT2D eigenvalue weighted by atomic mass is 32.2. The molecule has 0 saturated heterocycles. The first-order valence-corrected chi connectivity index (χ1v) is 11.1. The number of halogens is 3. The Morgan fingerprint density at radius 2 is 2.03 bits per heavy atom. The van der Waals surface area contributed by atoms with Crippen molar-refractivity contribution < 1.29 is 36.3 Å². The number of amides is 1. The summed E-state index contributed by atoms with van der Waals surface area (Å²) in [6.45, 7) is 3.66. The molecule has 30 heavy (non-hydrogen) atoms. The van der Waals surface area contributed by atoms with Crippen molar-refractivity contribution in [1.29, 1.82) is 0 Å². The minimum atomic E-state index is -4.41. The van der Waals surface area contributed by atoms with Crippen LogP contribution in [0.1, 0.15) is 31.9 Å². The summed E-state index contributed by atoms with van der Waals surface area (Å²) in [6, 6.07) is 3.31. The quantitative estimate of drug-likeness (QED) is 0.468. The fourth-order valence-electron chi connectivity index (χ4n) is 2.89. The van der Waals surface area contributed by atoms with Crippen LogP contribution in [0.25, 0.3) is 5.69 Å². The monoisotopic (exact) mass is 449 g/mol. The molecule has 0 aliphatic carbocycles. The predicted octanol–water partition coefficient (Wildman–Crippen LogP) is 2.21. The van der Waals surface area contributed by atoms with Gasteiger partial charge in [-0.05, 0) is 26.3 Å². The van der Waals surface area contributed by atoms with Gasteiger partial charge in [-0.3, -0.25) is 10.0 Å². The van der Waals surface area contributed by atoms with E-state index in [4.69, 9.17) is 0 Å². The molecule has 8 nitrogen and oxygen atoms in total. The summed E-state index contributed by atoms with van der Waals surface area (Å²) in [7, 11) is -3.77. The molecule has 0 radical (unpaired) electrons. The van der Waals surface area contributed by atoms with E-state index in [0.29, 0.717) is 17.1 Å². The summed E-state index contributed by atoms with van der Waals surface area (Å²) in [4.78, 5) is 14.0. The van der Waals surface area contributed by atoms with Crippen molar-refractivity contribution in [1.82, 2.24) is 9.78 Å². The zero-order valence-electron chi connectivity index (χ0n) is 16.6. The van der Waals surface area contributed by atoms with Crippen LogP contribution in [0.15, 0.2) is 30.7 Å². The molecule has 2 rings (SSSR count). The molecule has 1 amide bonds. The summed E-state index contributed by atoms with van der Waals surface area (Å²) in [6.07, 6.45) is -2.01. The van der Waals surface area contributed by atoms with Crippen molar-refractivity contribution in [2.75, 3.05) is 23.0 Å². The summed E-state index contributed by atoms with van der Waals surface area (Å²) >= 11 is 0. The smallest absolute Gasteiger partial charge is 0.310 e. The highest BCUT2D eigenvalue weighted by Crippen LogP contribution is 2.23. The van der Waals surface area contributed by atoms with E-state index in [1.807, 2.05) is 0 Å². The molecule has 0 unspecified atom stereocenters. The van der Waals surface area contributed by atoms with Crippen molar-refractivity contribution in [2.24, 2.45) is 0 Å². The maximum Gasteiger partial charge on any atom is 0.389 e. The van der Waals surface area contributed by atoms with Crippen LogP contribution in [0.5, 0.6) is 0 Å². The van der Waals surface area contributed by atoms with E-state index in [1.54, 1.807) is 32.2 Å². The minimum Gasteiger partial charge on any atom is -0.310 e. The summed E-state index contributed by atoms with van der Waals surface area (Å²) in [5, 5.41) is 13.9.